The van der Waals surface area contributed by atoms with Gasteiger partial charge < -0.3 is 20.6 Å². The highest BCUT2D eigenvalue weighted by molar-refractivity contribution is 5.95. The van der Waals surface area contributed by atoms with Gasteiger partial charge in [0.15, 0.2) is 0 Å². The number of amides is 2. The second-order valence-corrected chi connectivity index (χ2v) is 14.6. The van der Waals surface area contributed by atoms with E-state index in [2.05, 4.69) is 42.4 Å². The molecule has 8 heteroatoms. The number of hydrogen-bond acceptors (Lipinski definition) is 6. The Hall–Kier alpha value is -2.78. The summed E-state index contributed by atoms with van der Waals surface area (Å²) in [5.74, 6) is 1.20. The standard InChI is InChI=1S/C36H52N4O4/c1-21(19-39(7)8)37-34(42)28-14-10-13-27(16-28)26-12-9-11-25(15-26)20-40-33(32(23(3)41)24(4)44-40)35(43)38-31-18-29-17-30(22(31)2)36(29,5)6/h9-16,21-24,29-33,41H,17-20H2,1-8H3,(H,37,42)(H,38,43)/t21?,22-,23-,24-,29+,30-,31-,32+,33-/m0/s1. The fourth-order valence-corrected chi connectivity index (χ4v) is 8.27. The minimum Gasteiger partial charge on any atom is -0.393 e. The quantitative estimate of drug-likeness (QED) is 0.364. The van der Waals surface area contributed by atoms with Crippen LogP contribution in [0.1, 0.15) is 70.3 Å². The Morgan fingerprint density at radius 1 is 1.07 bits per heavy atom. The number of rotatable bonds is 10. The van der Waals surface area contributed by atoms with E-state index in [1.165, 1.54) is 6.42 Å². The van der Waals surface area contributed by atoms with Crippen LogP contribution in [0.5, 0.6) is 0 Å². The summed E-state index contributed by atoms with van der Waals surface area (Å²) in [5.41, 5.74) is 3.88. The minimum atomic E-state index is -0.692. The van der Waals surface area contributed by atoms with E-state index in [1.807, 2.05) is 70.4 Å². The Morgan fingerprint density at radius 2 is 1.75 bits per heavy atom. The van der Waals surface area contributed by atoms with Crippen LogP contribution in [0.25, 0.3) is 11.1 Å². The zero-order valence-corrected chi connectivity index (χ0v) is 27.7. The Morgan fingerprint density at radius 3 is 2.39 bits per heavy atom. The van der Waals surface area contributed by atoms with E-state index in [9.17, 15) is 14.7 Å². The molecule has 44 heavy (non-hydrogen) atoms. The van der Waals surface area contributed by atoms with Crippen LogP contribution in [0.2, 0.25) is 0 Å². The van der Waals surface area contributed by atoms with Gasteiger partial charge in [-0.25, -0.2) is 0 Å². The van der Waals surface area contributed by atoms with Gasteiger partial charge in [-0.1, -0.05) is 51.1 Å². The molecule has 9 atom stereocenters. The molecule has 1 saturated heterocycles. The second kappa shape index (κ2) is 12.9. The molecular formula is C36H52N4O4. The van der Waals surface area contributed by atoms with Crippen molar-refractivity contribution in [3.8, 4) is 11.1 Å². The lowest BCUT2D eigenvalue weighted by atomic mass is 9.45. The van der Waals surface area contributed by atoms with Gasteiger partial charge in [-0.3, -0.25) is 14.4 Å². The Balaban J connectivity index is 1.31. The van der Waals surface area contributed by atoms with Crippen LogP contribution in [0, 0.1) is 29.1 Å². The third-order valence-corrected chi connectivity index (χ3v) is 10.8. The van der Waals surface area contributed by atoms with Gasteiger partial charge in [-0.05, 0) is 106 Å². The predicted molar refractivity (Wildman–Crippen MR) is 173 cm³/mol. The molecule has 3 aliphatic carbocycles. The third kappa shape index (κ3) is 6.59. The summed E-state index contributed by atoms with van der Waals surface area (Å²) in [4.78, 5) is 35.2. The molecule has 2 aromatic rings. The molecule has 1 aliphatic heterocycles. The number of likely N-dealkylation sites (N-methyl/N-ethyl adjacent to an activating group) is 1. The van der Waals surface area contributed by atoms with Crippen molar-refractivity contribution in [2.75, 3.05) is 20.6 Å². The Bertz CT molecular complexity index is 1340. The van der Waals surface area contributed by atoms with Crippen LogP contribution < -0.4 is 10.6 Å². The van der Waals surface area contributed by atoms with Crippen LogP contribution in [-0.4, -0.2) is 77.9 Å². The molecule has 3 N–H and O–H groups in total. The summed E-state index contributed by atoms with van der Waals surface area (Å²) < 4.78 is 0. The van der Waals surface area contributed by atoms with Crippen LogP contribution in [0.15, 0.2) is 48.5 Å². The molecule has 0 aromatic heterocycles. The van der Waals surface area contributed by atoms with E-state index in [4.69, 9.17) is 4.84 Å². The molecule has 6 rings (SSSR count). The first-order chi connectivity index (χ1) is 20.8. The molecule has 4 fully saturated rings. The maximum absolute atomic E-state index is 13.9. The molecule has 8 nitrogen and oxygen atoms in total. The van der Waals surface area contributed by atoms with E-state index in [1.54, 1.807) is 12.0 Å². The predicted octanol–water partition coefficient (Wildman–Crippen LogP) is 4.72. The lowest BCUT2D eigenvalue weighted by molar-refractivity contribution is -0.174. The Labute approximate surface area is 263 Å². The molecular weight excluding hydrogens is 552 g/mol. The van der Waals surface area contributed by atoms with Crippen molar-refractivity contribution in [1.29, 1.82) is 0 Å². The fourth-order valence-electron chi connectivity index (χ4n) is 8.27. The summed E-state index contributed by atoms with van der Waals surface area (Å²) in [6.07, 6.45) is 1.27. The number of hydroxylamine groups is 2. The van der Waals surface area contributed by atoms with Crippen LogP contribution in [0.3, 0.4) is 0 Å². The van der Waals surface area contributed by atoms with Gasteiger partial charge in [-0.15, -0.1) is 0 Å². The summed E-state index contributed by atoms with van der Waals surface area (Å²) in [6, 6.07) is 15.4. The largest absolute Gasteiger partial charge is 0.393 e. The monoisotopic (exact) mass is 604 g/mol. The first-order valence-corrected chi connectivity index (χ1v) is 16.3. The van der Waals surface area contributed by atoms with Gasteiger partial charge >= 0.3 is 0 Å². The molecule has 1 heterocycles. The lowest BCUT2D eigenvalue weighted by Gasteiger charge is -2.62. The van der Waals surface area contributed by atoms with Gasteiger partial charge in [0.1, 0.15) is 6.04 Å². The minimum absolute atomic E-state index is 0.0295. The summed E-state index contributed by atoms with van der Waals surface area (Å²) in [7, 11) is 3.98. The highest BCUT2D eigenvalue weighted by atomic mass is 16.7. The number of nitrogens with zero attached hydrogens (tertiary/aromatic N) is 2. The van der Waals surface area contributed by atoms with Gasteiger partial charge in [-0.2, -0.15) is 5.06 Å². The van der Waals surface area contributed by atoms with Crippen molar-refractivity contribution in [3.63, 3.8) is 0 Å². The molecule has 1 unspecified atom stereocenters. The molecule has 0 radical (unpaired) electrons. The number of hydrogen-bond donors (Lipinski definition) is 3. The lowest BCUT2D eigenvalue weighted by Crippen LogP contribution is -2.62. The maximum Gasteiger partial charge on any atom is 0.251 e. The second-order valence-electron chi connectivity index (χ2n) is 14.6. The number of aliphatic hydroxyl groups excluding tert-OH is 1. The van der Waals surface area contributed by atoms with Gasteiger partial charge in [0.25, 0.3) is 5.91 Å². The molecule has 240 valence electrons. The highest BCUT2D eigenvalue weighted by Gasteiger charge is 2.57. The molecule has 2 aromatic carbocycles. The van der Waals surface area contributed by atoms with Gasteiger partial charge in [0.05, 0.1) is 18.8 Å². The molecule has 3 saturated carbocycles. The number of benzene rings is 2. The average molecular weight is 605 g/mol. The van der Waals surface area contributed by atoms with Crippen molar-refractivity contribution in [2.45, 2.75) is 91.3 Å². The highest BCUT2D eigenvalue weighted by Crippen LogP contribution is 2.61. The number of carbonyl (C=O) groups excluding carboxylic acids is 2. The van der Waals surface area contributed by atoms with Crippen LogP contribution in [-0.2, 0) is 16.2 Å². The molecule has 2 bridgehead atoms. The van der Waals surface area contributed by atoms with Crippen molar-refractivity contribution in [2.24, 2.45) is 29.1 Å². The maximum atomic E-state index is 13.9. The number of nitrogens with one attached hydrogen (secondary N) is 2. The normalized spacial score (nSPS) is 30.8. The average Bonchev–Trinajstić information content (AvgIpc) is 3.29. The van der Waals surface area contributed by atoms with Crippen molar-refractivity contribution in [3.05, 3.63) is 59.7 Å². The molecule has 2 amide bonds. The van der Waals surface area contributed by atoms with Crippen molar-refractivity contribution >= 4 is 11.8 Å². The zero-order chi connectivity index (χ0) is 31.9. The molecule has 0 spiro atoms. The van der Waals surface area contributed by atoms with Crippen molar-refractivity contribution < 1.29 is 19.5 Å². The van der Waals surface area contributed by atoms with Crippen molar-refractivity contribution in [1.82, 2.24) is 20.6 Å². The van der Waals surface area contributed by atoms with Gasteiger partial charge in [0.2, 0.25) is 5.91 Å². The van der Waals surface area contributed by atoms with Crippen LogP contribution in [0.4, 0.5) is 0 Å². The summed E-state index contributed by atoms with van der Waals surface area (Å²) >= 11 is 0. The first kappa shape index (κ1) is 32.6. The van der Waals surface area contributed by atoms with E-state index in [-0.39, 0.29) is 35.9 Å². The number of fused-ring (bicyclic) bond motifs is 2. The SMILES string of the molecule is CC(CN(C)C)NC(=O)c1cccc(-c2cccc(CN3O[C@@H](C)[C@@H]([C@H](C)O)[C@H]3C(=O)N[C@H]3C[C@H]4C[C@@H]([C@@H]3C)C4(C)C)c2)c1. The summed E-state index contributed by atoms with van der Waals surface area (Å²) in [6.45, 7) is 13.9. The van der Waals surface area contributed by atoms with E-state index < -0.39 is 12.1 Å². The van der Waals surface area contributed by atoms with Gasteiger partial charge in [0, 0.05) is 30.1 Å². The Kier molecular flexibility index (Phi) is 9.57. The fraction of sp³-hybridized carbons (Fsp3) is 0.611. The zero-order valence-electron chi connectivity index (χ0n) is 27.7. The van der Waals surface area contributed by atoms with Crippen LogP contribution >= 0.6 is 0 Å². The van der Waals surface area contributed by atoms with E-state index in [0.717, 1.165) is 29.7 Å². The number of aliphatic hydroxyl groups is 1. The first-order valence-electron chi connectivity index (χ1n) is 16.3. The van der Waals surface area contributed by atoms with E-state index in [0.29, 0.717) is 35.3 Å². The third-order valence-electron chi connectivity index (χ3n) is 10.8. The summed E-state index contributed by atoms with van der Waals surface area (Å²) in [5, 5.41) is 19.0. The smallest absolute Gasteiger partial charge is 0.251 e. The molecule has 4 aliphatic rings. The topological polar surface area (TPSA) is 94.1 Å². The van der Waals surface area contributed by atoms with E-state index >= 15 is 0 Å². The number of carbonyl (C=O) groups is 2.